The quantitative estimate of drug-likeness (QED) is 0.850. The van der Waals surface area contributed by atoms with Crippen LogP contribution < -0.4 is 10.5 Å². The number of anilines is 1. The fraction of sp³-hybridized carbons (Fsp3) is 0.125. The molecule has 0 amide bonds. The number of rotatable bonds is 4. The zero-order valence-corrected chi connectivity index (χ0v) is 12.1. The van der Waals surface area contributed by atoms with Gasteiger partial charge >= 0.3 is 0 Å². The van der Waals surface area contributed by atoms with Crippen LogP contribution in [0.15, 0.2) is 27.1 Å². The molecule has 18 heavy (non-hydrogen) atoms. The Morgan fingerprint density at radius 1 is 1.44 bits per heavy atom. The van der Waals surface area contributed by atoms with Gasteiger partial charge in [-0.25, -0.2) is 18.1 Å². The largest absolute Gasteiger partial charge is 0.326 e. The first-order valence-corrected chi connectivity index (χ1v) is 7.77. The van der Waals surface area contributed by atoms with Crippen molar-refractivity contribution in [1.82, 2.24) is 15.2 Å². The second-order valence-corrected chi connectivity index (χ2v) is 7.23. The number of sulfonamides is 1. The fourth-order valence-electron chi connectivity index (χ4n) is 1.15. The van der Waals surface area contributed by atoms with Gasteiger partial charge in [0.1, 0.15) is 4.90 Å². The smallest absolute Gasteiger partial charge is 0.266 e. The summed E-state index contributed by atoms with van der Waals surface area (Å²) in [4.78, 5) is 4.62. The second kappa shape index (κ2) is 5.26. The van der Waals surface area contributed by atoms with Crippen LogP contribution in [-0.4, -0.2) is 23.6 Å². The van der Waals surface area contributed by atoms with E-state index < -0.39 is 10.0 Å². The standard InChI is InChI=1S/C8H8BrN5O2S2/c9-7-6(3-5(4-10)17-7)18(15,16)14-8-11-1-2-12-13-8/h1-3H,4,10H2,(H,11,13,14). The van der Waals surface area contributed by atoms with Crippen LogP contribution in [0.3, 0.4) is 0 Å². The highest BCUT2D eigenvalue weighted by Crippen LogP contribution is 2.32. The summed E-state index contributed by atoms with van der Waals surface area (Å²) in [6.07, 6.45) is 2.70. The second-order valence-electron chi connectivity index (χ2n) is 3.13. The predicted octanol–water partition coefficient (Wildman–Crippen LogP) is 0.955. The first-order valence-electron chi connectivity index (χ1n) is 4.67. The Hall–Kier alpha value is -1.10. The Balaban J connectivity index is 2.34. The first kappa shape index (κ1) is 13.3. The lowest BCUT2D eigenvalue weighted by Gasteiger charge is -2.03. The van der Waals surface area contributed by atoms with Gasteiger partial charge in [-0.3, -0.25) is 0 Å². The van der Waals surface area contributed by atoms with Crippen LogP contribution in [-0.2, 0) is 16.6 Å². The Morgan fingerprint density at radius 2 is 2.22 bits per heavy atom. The number of hydrogen-bond acceptors (Lipinski definition) is 7. The molecular formula is C8H8BrN5O2S2. The number of nitrogens with one attached hydrogen (secondary N) is 1. The maximum Gasteiger partial charge on any atom is 0.266 e. The molecule has 96 valence electrons. The Morgan fingerprint density at radius 3 is 2.78 bits per heavy atom. The van der Waals surface area contributed by atoms with E-state index in [1.165, 1.54) is 29.8 Å². The van der Waals surface area contributed by atoms with Crippen molar-refractivity contribution in [3.05, 3.63) is 27.1 Å². The topological polar surface area (TPSA) is 111 Å². The Kier molecular flexibility index (Phi) is 3.90. The molecule has 0 spiro atoms. The monoisotopic (exact) mass is 349 g/mol. The van der Waals surface area contributed by atoms with Crippen molar-refractivity contribution in [3.8, 4) is 0 Å². The average Bonchev–Trinajstić information content (AvgIpc) is 2.72. The van der Waals surface area contributed by atoms with E-state index in [0.29, 0.717) is 3.79 Å². The molecule has 0 aliphatic heterocycles. The third-order valence-corrected chi connectivity index (χ3v) is 5.51. The summed E-state index contributed by atoms with van der Waals surface area (Å²) in [6.45, 7) is 0.280. The molecule has 0 atom stereocenters. The van der Waals surface area contributed by atoms with E-state index in [0.717, 1.165) is 4.88 Å². The van der Waals surface area contributed by atoms with E-state index in [-0.39, 0.29) is 17.4 Å². The van der Waals surface area contributed by atoms with Gasteiger partial charge in [0.25, 0.3) is 16.0 Å². The molecule has 0 aromatic carbocycles. The van der Waals surface area contributed by atoms with Gasteiger partial charge in [-0.2, -0.15) is 5.10 Å². The van der Waals surface area contributed by atoms with Crippen molar-refractivity contribution in [1.29, 1.82) is 0 Å². The van der Waals surface area contributed by atoms with Gasteiger partial charge in [-0.1, -0.05) is 0 Å². The molecule has 0 aliphatic carbocycles. The minimum Gasteiger partial charge on any atom is -0.326 e. The van der Waals surface area contributed by atoms with Gasteiger partial charge in [-0.05, 0) is 22.0 Å². The number of nitrogens with two attached hydrogens (primary N) is 1. The van der Waals surface area contributed by atoms with E-state index in [1.54, 1.807) is 0 Å². The number of halogens is 1. The van der Waals surface area contributed by atoms with Crippen LogP contribution in [0.5, 0.6) is 0 Å². The summed E-state index contributed by atoms with van der Waals surface area (Å²) < 4.78 is 26.9. The van der Waals surface area contributed by atoms with Gasteiger partial charge < -0.3 is 5.73 Å². The van der Waals surface area contributed by atoms with Crippen molar-refractivity contribution >= 4 is 43.2 Å². The summed E-state index contributed by atoms with van der Waals surface area (Å²) in [5, 5.41) is 7.10. The molecule has 2 heterocycles. The highest BCUT2D eigenvalue weighted by molar-refractivity contribution is 9.11. The maximum absolute atomic E-state index is 12.1. The lowest BCUT2D eigenvalue weighted by atomic mass is 10.5. The van der Waals surface area contributed by atoms with E-state index in [2.05, 4.69) is 35.8 Å². The van der Waals surface area contributed by atoms with Crippen molar-refractivity contribution < 1.29 is 8.42 Å². The minimum absolute atomic E-state index is 0.0788. The van der Waals surface area contributed by atoms with Crippen LogP contribution in [0, 0.1) is 0 Å². The van der Waals surface area contributed by atoms with Crippen molar-refractivity contribution in [3.63, 3.8) is 0 Å². The molecule has 2 rings (SSSR count). The molecule has 0 saturated carbocycles. The summed E-state index contributed by atoms with van der Waals surface area (Å²) in [7, 11) is -3.74. The molecule has 0 bridgehead atoms. The number of thiophene rings is 1. The van der Waals surface area contributed by atoms with Gasteiger partial charge in [0, 0.05) is 11.4 Å². The van der Waals surface area contributed by atoms with E-state index >= 15 is 0 Å². The van der Waals surface area contributed by atoms with Crippen LogP contribution in [0.25, 0.3) is 0 Å². The van der Waals surface area contributed by atoms with Crippen LogP contribution in [0.2, 0.25) is 0 Å². The molecule has 0 saturated heterocycles. The summed E-state index contributed by atoms with van der Waals surface area (Å²) in [5.41, 5.74) is 5.47. The molecule has 0 radical (unpaired) electrons. The van der Waals surface area contributed by atoms with Crippen LogP contribution in [0.4, 0.5) is 5.95 Å². The van der Waals surface area contributed by atoms with Gasteiger partial charge in [0.05, 0.1) is 16.2 Å². The molecule has 0 unspecified atom stereocenters. The molecule has 0 fully saturated rings. The molecule has 2 aromatic heterocycles. The van der Waals surface area contributed by atoms with Crippen LogP contribution >= 0.6 is 27.3 Å². The minimum atomic E-state index is -3.74. The maximum atomic E-state index is 12.1. The highest BCUT2D eigenvalue weighted by Gasteiger charge is 2.21. The van der Waals surface area contributed by atoms with Crippen LogP contribution in [0.1, 0.15) is 4.88 Å². The lowest BCUT2D eigenvalue weighted by Crippen LogP contribution is -2.15. The first-order chi connectivity index (χ1) is 8.53. The molecule has 7 nitrogen and oxygen atoms in total. The van der Waals surface area contributed by atoms with Gasteiger partial charge in [0.2, 0.25) is 0 Å². The zero-order chi connectivity index (χ0) is 13.2. The molecule has 10 heteroatoms. The molecule has 0 aliphatic rings. The third-order valence-electron chi connectivity index (χ3n) is 1.91. The Bertz CT molecular complexity index is 643. The normalized spacial score (nSPS) is 11.4. The summed E-state index contributed by atoms with van der Waals surface area (Å²) in [6, 6.07) is 1.51. The molecule has 3 N–H and O–H groups in total. The van der Waals surface area contributed by atoms with Crippen molar-refractivity contribution in [2.24, 2.45) is 5.73 Å². The number of hydrogen-bond donors (Lipinski definition) is 2. The zero-order valence-electron chi connectivity index (χ0n) is 8.87. The van der Waals surface area contributed by atoms with E-state index in [4.69, 9.17) is 5.73 Å². The highest BCUT2D eigenvalue weighted by atomic mass is 79.9. The summed E-state index contributed by atoms with van der Waals surface area (Å²) >= 11 is 4.46. The average molecular weight is 350 g/mol. The van der Waals surface area contributed by atoms with E-state index in [1.807, 2.05) is 0 Å². The Labute approximate surface area is 116 Å². The van der Waals surface area contributed by atoms with Crippen molar-refractivity contribution in [2.75, 3.05) is 4.72 Å². The fourth-order valence-corrected chi connectivity index (χ4v) is 4.66. The van der Waals surface area contributed by atoms with Gasteiger partial charge in [0.15, 0.2) is 0 Å². The van der Waals surface area contributed by atoms with Gasteiger partial charge in [-0.15, -0.1) is 16.4 Å². The summed E-state index contributed by atoms with van der Waals surface area (Å²) in [5.74, 6) is -0.0788. The third kappa shape index (κ3) is 2.83. The van der Waals surface area contributed by atoms with E-state index in [9.17, 15) is 8.42 Å². The molecule has 2 aromatic rings. The number of aromatic nitrogens is 3. The molecular weight excluding hydrogens is 342 g/mol. The lowest BCUT2D eigenvalue weighted by molar-refractivity contribution is 0.600. The predicted molar refractivity (Wildman–Crippen MR) is 70.5 cm³/mol. The van der Waals surface area contributed by atoms with Crippen molar-refractivity contribution in [2.45, 2.75) is 11.4 Å². The number of nitrogens with zero attached hydrogens (tertiary/aromatic N) is 3. The SMILES string of the molecule is NCc1cc(S(=O)(=O)Nc2nccnn2)c(Br)s1.